The molecule has 132 valence electrons. The van der Waals surface area contributed by atoms with E-state index < -0.39 is 0 Å². The normalized spacial score (nSPS) is 11.5. The van der Waals surface area contributed by atoms with Gasteiger partial charge >= 0.3 is 0 Å². The first-order valence-corrected chi connectivity index (χ1v) is 10.8. The second-order valence-corrected chi connectivity index (χ2v) is 10.0. The van der Waals surface area contributed by atoms with E-state index >= 15 is 0 Å². The summed E-state index contributed by atoms with van der Waals surface area (Å²) in [6.07, 6.45) is 0. The Kier molecular flexibility index (Phi) is 4.69. The van der Waals surface area contributed by atoms with Crippen LogP contribution in [0.15, 0.2) is 41.3 Å². The van der Waals surface area contributed by atoms with Crippen molar-refractivity contribution in [2.75, 3.05) is 5.32 Å². The number of thiazole rings is 2. The maximum atomic E-state index is 12.5. The summed E-state index contributed by atoms with van der Waals surface area (Å²) in [7, 11) is 0. The number of fused-ring (bicyclic) bond motifs is 3. The van der Waals surface area contributed by atoms with E-state index in [2.05, 4.69) is 29.1 Å². The van der Waals surface area contributed by atoms with Crippen LogP contribution in [0.3, 0.4) is 0 Å². The molecule has 0 radical (unpaired) electrons. The fourth-order valence-corrected chi connectivity index (χ4v) is 5.36. The van der Waals surface area contributed by atoms with Gasteiger partial charge in [-0.3, -0.25) is 10.1 Å². The van der Waals surface area contributed by atoms with E-state index in [1.807, 2.05) is 43.3 Å². The van der Waals surface area contributed by atoms with Crippen molar-refractivity contribution in [1.29, 1.82) is 0 Å². The van der Waals surface area contributed by atoms with Crippen molar-refractivity contribution < 1.29 is 4.79 Å². The van der Waals surface area contributed by atoms with E-state index in [0.29, 0.717) is 15.9 Å². The highest BCUT2D eigenvalue weighted by atomic mass is 32.2. The summed E-state index contributed by atoms with van der Waals surface area (Å²) in [4.78, 5) is 22.8. The van der Waals surface area contributed by atoms with Gasteiger partial charge < -0.3 is 0 Å². The minimum Gasteiger partial charge on any atom is -0.298 e. The Morgan fingerprint density at radius 2 is 1.85 bits per heavy atom. The standard InChI is InChI=1S/C19H17N3OS3/c1-10(2)24-13-6-4-12(5-7-13)18(23)22-19-21-14-8-9-15-16(17(14)26-19)20-11(3)25-15/h4-10H,1-3H3,(H,21,22,23). The minimum absolute atomic E-state index is 0.143. The molecule has 4 aromatic rings. The molecule has 0 atom stereocenters. The van der Waals surface area contributed by atoms with E-state index in [9.17, 15) is 4.79 Å². The van der Waals surface area contributed by atoms with Crippen LogP contribution in [0, 0.1) is 6.92 Å². The number of carbonyl (C=O) groups excluding carboxylic acids is 1. The highest BCUT2D eigenvalue weighted by Crippen LogP contribution is 2.34. The van der Waals surface area contributed by atoms with Crippen LogP contribution >= 0.6 is 34.4 Å². The van der Waals surface area contributed by atoms with E-state index in [1.165, 1.54) is 11.3 Å². The van der Waals surface area contributed by atoms with Crippen LogP contribution in [-0.4, -0.2) is 21.1 Å². The van der Waals surface area contributed by atoms with Gasteiger partial charge in [0.2, 0.25) is 0 Å². The number of nitrogens with zero attached hydrogens (tertiary/aromatic N) is 2. The summed E-state index contributed by atoms with van der Waals surface area (Å²) in [6.45, 7) is 6.31. The zero-order valence-electron chi connectivity index (χ0n) is 14.6. The zero-order chi connectivity index (χ0) is 18.3. The van der Waals surface area contributed by atoms with Crippen LogP contribution in [-0.2, 0) is 0 Å². The molecule has 1 N–H and O–H groups in total. The largest absolute Gasteiger partial charge is 0.298 e. The Balaban J connectivity index is 1.58. The Morgan fingerprint density at radius 1 is 1.08 bits per heavy atom. The van der Waals surface area contributed by atoms with Gasteiger partial charge in [-0.1, -0.05) is 25.2 Å². The lowest BCUT2D eigenvalue weighted by Crippen LogP contribution is -2.11. The second-order valence-electron chi connectivity index (χ2n) is 6.16. The molecule has 1 amide bonds. The van der Waals surface area contributed by atoms with Gasteiger partial charge in [0.05, 0.1) is 19.9 Å². The van der Waals surface area contributed by atoms with Gasteiger partial charge in [-0.25, -0.2) is 9.97 Å². The van der Waals surface area contributed by atoms with Crippen molar-refractivity contribution in [3.63, 3.8) is 0 Å². The number of aromatic nitrogens is 2. The first-order valence-electron chi connectivity index (χ1n) is 8.24. The first kappa shape index (κ1) is 17.5. The van der Waals surface area contributed by atoms with Crippen LogP contribution in [0.1, 0.15) is 29.2 Å². The summed E-state index contributed by atoms with van der Waals surface area (Å²) in [5.41, 5.74) is 2.47. The number of rotatable bonds is 4. The molecule has 0 fully saturated rings. The minimum atomic E-state index is -0.143. The van der Waals surface area contributed by atoms with Gasteiger partial charge in [-0.2, -0.15) is 0 Å². The number of anilines is 1. The fraction of sp³-hybridized carbons (Fsp3) is 0.211. The zero-order valence-corrected chi connectivity index (χ0v) is 17.0. The predicted octanol–water partition coefficient (Wildman–Crippen LogP) is 5.97. The van der Waals surface area contributed by atoms with Gasteiger partial charge in [0, 0.05) is 15.7 Å². The number of hydrogen-bond donors (Lipinski definition) is 1. The molecular formula is C19H17N3OS3. The third-order valence-corrected chi connectivity index (χ3v) is 6.68. The summed E-state index contributed by atoms with van der Waals surface area (Å²) in [5.74, 6) is -0.143. The van der Waals surface area contributed by atoms with Crippen molar-refractivity contribution in [3.05, 3.63) is 47.0 Å². The summed E-state index contributed by atoms with van der Waals surface area (Å²) in [5, 5.41) is 5.07. The van der Waals surface area contributed by atoms with Gasteiger partial charge in [0.1, 0.15) is 5.52 Å². The molecule has 7 heteroatoms. The van der Waals surface area contributed by atoms with Crippen molar-refractivity contribution in [2.45, 2.75) is 30.9 Å². The Labute approximate surface area is 163 Å². The maximum Gasteiger partial charge on any atom is 0.257 e. The lowest BCUT2D eigenvalue weighted by atomic mass is 10.2. The average Bonchev–Trinajstić information content (AvgIpc) is 3.16. The lowest BCUT2D eigenvalue weighted by Gasteiger charge is -2.06. The maximum absolute atomic E-state index is 12.5. The third-order valence-electron chi connectivity index (χ3n) is 3.73. The summed E-state index contributed by atoms with van der Waals surface area (Å²) >= 11 is 4.92. The topological polar surface area (TPSA) is 54.9 Å². The van der Waals surface area contributed by atoms with E-state index in [-0.39, 0.29) is 5.91 Å². The fourth-order valence-electron chi connectivity index (χ4n) is 2.67. The summed E-state index contributed by atoms with van der Waals surface area (Å²) in [6, 6.07) is 11.7. The Bertz CT molecular complexity index is 1100. The van der Waals surface area contributed by atoms with Crippen LogP contribution in [0.5, 0.6) is 0 Å². The number of hydrogen-bond acceptors (Lipinski definition) is 6. The molecule has 2 aromatic heterocycles. The Hall–Kier alpha value is -1.96. The molecule has 0 saturated heterocycles. The number of aryl methyl sites for hydroxylation is 1. The molecule has 0 aliphatic carbocycles. The average molecular weight is 400 g/mol. The first-order chi connectivity index (χ1) is 12.5. The molecular weight excluding hydrogens is 382 g/mol. The monoisotopic (exact) mass is 399 g/mol. The molecule has 2 heterocycles. The van der Waals surface area contributed by atoms with E-state index in [1.54, 1.807) is 23.1 Å². The molecule has 0 aliphatic rings. The van der Waals surface area contributed by atoms with Crippen molar-refractivity contribution in [1.82, 2.24) is 9.97 Å². The molecule has 2 aromatic carbocycles. The van der Waals surface area contributed by atoms with Gasteiger partial charge in [-0.15, -0.1) is 23.1 Å². The molecule has 4 nitrogen and oxygen atoms in total. The highest BCUT2D eigenvalue weighted by molar-refractivity contribution is 7.99. The molecule has 0 unspecified atom stereocenters. The number of carbonyl (C=O) groups is 1. The van der Waals surface area contributed by atoms with Crippen LogP contribution in [0.2, 0.25) is 0 Å². The van der Waals surface area contributed by atoms with Crippen molar-refractivity contribution in [2.24, 2.45) is 0 Å². The quantitative estimate of drug-likeness (QED) is 0.430. The summed E-state index contributed by atoms with van der Waals surface area (Å²) < 4.78 is 2.17. The molecule has 4 rings (SSSR count). The number of nitrogens with one attached hydrogen (secondary N) is 1. The van der Waals surface area contributed by atoms with Crippen molar-refractivity contribution >= 4 is 65.9 Å². The number of amides is 1. The van der Waals surface area contributed by atoms with Crippen molar-refractivity contribution in [3.8, 4) is 0 Å². The SMILES string of the molecule is Cc1nc2c(ccc3nc(NC(=O)c4ccc(SC(C)C)cc4)sc32)s1. The third kappa shape index (κ3) is 3.47. The van der Waals surface area contributed by atoms with Gasteiger partial charge in [-0.05, 0) is 43.3 Å². The molecule has 0 spiro atoms. The number of thioether (sulfide) groups is 1. The van der Waals surface area contributed by atoms with E-state index in [0.717, 1.165) is 30.3 Å². The molecule has 0 bridgehead atoms. The van der Waals surface area contributed by atoms with Crippen LogP contribution < -0.4 is 5.32 Å². The van der Waals surface area contributed by atoms with Gasteiger partial charge in [0.25, 0.3) is 5.91 Å². The lowest BCUT2D eigenvalue weighted by molar-refractivity contribution is 0.102. The molecule has 0 aliphatic heterocycles. The van der Waals surface area contributed by atoms with E-state index in [4.69, 9.17) is 0 Å². The predicted molar refractivity (Wildman–Crippen MR) is 113 cm³/mol. The molecule has 26 heavy (non-hydrogen) atoms. The smallest absolute Gasteiger partial charge is 0.257 e. The van der Waals surface area contributed by atoms with Gasteiger partial charge in [0.15, 0.2) is 5.13 Å². The second kappa shape index (κ2) is 6.98. The Morgan fingerprint density at radius 3 is 2.58 bits per heavy atom. The molecule has 0 saturated carbocycles. The highest BCUT2D eigenvalue weighted by Gasteiger charge is 2.13. The van der Waals surface area contributed by atoms with Crippen LogP contribution in [0.4, 0.5) is 5.13 Å². The van der Waals surface area contributed by atoms with Crippen LogP contribution in [0.25, 0.3) is 20.4 Å². The number of benzene rings is 2.